The summed E-state index contributed by atoms with van der Waals surface area (Å²) in [6, 6.07) is 38.3. The molecule has 11 rings (SSSR count). The van der Waals surface area contributed by atoms with E-state index < -0.39 is 0 Å². The average Bonchev–Trinajstić information content (AvgIpc) is 3.66. The zero-order valence-electron chi connectivity index (χ0n) is 33.5. The highest BCUT2D eigenvalue weighted by atomic mass is 15.0. The van der Waals surface area contributed by atoms with Crippen LogP contribution < -0.4 is 5.32 Å². The normalized spacial score (nSPS) is 24.0. The van der Waals surface area contributed by atoms with Crippen LogP contribution in [0.25, 0.3) is 16.7 Å². The van der Waals surface area contributed by atoms with Gasteiger partial charge in [0.05, 0.1) is 23.1 Å². The van der Waals surface area contributed by atoms with E-state index in [-0.39, 0.29) is 16.9 Å². The molecule has 2 atom stereocenters. The van der Waals surface area contributed by atoms with Crippen LogP contribution in [0.2, 0.25) is 0 Å². The molecule has 1 heterocycles. The van der Waals surface area contributed by atoms with Gasteiger partial charge in [-0.3, -0.25) is 0 Å². The Balaban J connectivity index is 0.988. The molecule has 282 valence electrons. The Bertz CT molecular complexity index is 2560. The number of benzene rings is 4. The fourth-order valence-electron chi connectivity index (χ4n) is 11.8. The van der Waals surface area contributed by atoms with Crippen LogP contribution in [0.15, 0.2) is 173 Å². The Kier molecular flexibility index (Phi) is 8.28. The quantitative estimate of drug-likeness (QED) is 0.216. The van der Waals surface area contributed by atoms with E-state index in [4.69, 9.17) is 4.99 Å². The van der Waals surface area contributed by atoms with E-state index in [0.29, 0.717) is 5.92 Å². The van der Waals surface area contributed by atoms with Gasteiger partial charge in [0.25, 0.3) is 0 Å². The van der Waals surface area contributed by atoms with Gasteiger partial charge in [0.1, 0.15) is 0 Å². The molecule has 57 heavy (non-hydrogen) atoms. The third kappa shape index (κ3) is 5.54. The lowest BCUT2D eigenvalue weighted by molar-refractivity contribution is 0.235. The Morgan fingerprint density at radius 1 is 0.702 bits per heavy atom. The van der Waals surface area contributed by atoms with Gasteiger partial charge < -0.3 is 5.32 Å². The zero-order chi connectivity index (χ0) is 38.1. The van der Waals surface area contributed by atoms with E-state index >= 15 is 0 Å². The van der Waals surface area contributed by atoms with Gasteiger partial charge in [-0.05, 0) is 118 Å². The van der Waals surface area contributed by atoms with Crippen molar-refractivity contribution < 1.29 is 0 Å². The lowest BCUT2D eigenvalue weighted by atomic mass is 9.61. The first kappa shape index (κ1) is 34.8. The van der Waals surface area contributed by atoms with E-state index in [1.165, 1.54) is 88.6 Å². The topological polar surface area (TPSA) is 24.4 Å². The van der Waals surface area contributed by atoms with E-state index in [0.717, 1.165) is 48.4 Å². The van der Waals surface area contributed by atoms with Crippen LogP contribution in [0.4, 0.5) is 0 Å². The molecular weight excluding hydrogens is 689 g/mol. The minimum absolute atomic E-state index is 0.0339. The maximum Gasteiger partial charge on any atom is 0.0947 e. The van der Waals surface area contributed by atoms with Crippen molar-refractivity contribution in [1.29, 1.82) is 0 Å². The van der Waals surface area contributed by atoms with Crippen LogP contribution in [-0.4, -0.2) is 5.71 Å². The van der Waals surface area contributed by atoms with Crippen molar-refractivity contribution >= 4 is 22.4 Å². The zero-order valence-corrected chi connectivity index (χ0v) is 33.5. The summed E-state index contributed by atoms with van der Waals surface area (Å²) >= 11 is 0. The highest BCUT2D eigenvalue weighted by Crippen LogP contribution is 2.64. The molecule has 4 aromatic rings. The molecule has 7 aliphatic rings. The molecule has 0 bridgehead atoms. The Hall–Kier alpha value is -5.47. The SMILES string of the molecule is CC1(C)C2=C(C=C3c4ccc(C5=CC=C(C6=C(C7=CCCC=C7)NC(c7ccccc7)C(c7ccccc7)=N6)CC5)cc4C4(CCCCC4)C3C2)c2ccccc21. The predicted molar refractivity (Wildman–Crippen MR) is 238 cm³/mol. The molecule has 1 saturated carbocycles. The Morgan fingerprint density at radius 3 is 2.23 bits per heavy atom. The number of nitrogens with one attached hydrogen (secondary N) is 1. The maximum atomic E-state index is 5.63. The van der Waals surface area contributed by atoms with Gasteiger partial charge in [-0.25, -0.2) is 4.99 Å². The summed E-state index contributed by atoms with van der Waals surface area (Å²) in [5.41, 5.74) is 22.4. The van der Waals surface area contributed by atoms with Crippen LogP contribution in [0, 0.1) is 5.92 Å². The highest BCUT2D eigenvalue weighted by Gasteiger charge is 2.53. The monoisotopic (exact) mass is 740 g/mol. The van der Waals surface area contributed by atoms with Gasteiger partial charge >= 0.3 is 0 Å². The molecular formula is C55H52N2. The van der Waals surface area contributed by atoms with Crippen molar-refractivity contribution in [3.05, 3.63) is 207 Å². The average molecular weight is 741 g/mol. The molecule has 0 aromatic heterocycles. The van der Waals surface area contributed by atoms with Crippen molar-refractivity contribution in [2.45, 2.75) is 94.9 Å². The largest absolute Gasteiger partial charge is 0.371 e. The maximum absolute atomic E-state index is 5.63. The summed E-state index contributed by atoms with van der Waals surface area (Å²) in [6.07, 6.45) is 26.4. The summed E-state index contributed by atoms with van der Waals surface area (Å²) in [4.78, 5) is 5.63. The van der Waals surface area contributed by atoms with Gasteiger partial charge in [-0.1, -0.05) is 178 Å². The fourth-order valence-corrected chi connectivity index (χ4v) is 11.8. The van der Waals surface area contributed by atoms with Crippen molar-refractivity contribution in [1.82, 2.24) is 5.32 Å². The van der Waals surface area contributed by atoms with E-state index in [1.807, 2.05) is 0 Å². The second-order valence-corrected chi connectivity index (χ2v) is 18.0. The van der Waals surface area contributed by atoms with E-state index in [9.17, 15) is 0 Å². The van der Waals surface area contributed by atoms with Crippen LogP contribution >= 0.6 is 0 Å². The second-order valence-electron chi connectivity index (χ2n) is 18.0. The Morgan fingerprint density at radius 2 is 1.46 bits per heavy atom. The summed E-state index contributed by atoms with van der Waals surface area (Å²) in [6.45, 7) is 4.94. The predicted octanol–water partition coefficient (Wildman–Crippen LogP) is 13.5. The third-order valence-corrected chi connectivity index (χ3v) is 14.7. The number of aliphatic imine (C=N–C) groups is 1. The minimum atomic E-state index is -0.0339. The standard InChI is InChI=1S/C55H52N2/c1-54(2)46-24-14-13-23-42(46)44-34-45-43-30-29-41(33-48(43)55(31-15-6-16-32-55)49(45)35-47(44)54)36-25-27-40(28-26-36)53-52(39-21-11-5-12-22-39)56-50(37-17-7-3-8-18-37)51(57-53)38-19-9-4-10-20-38/h3-4,7-11,13-14,17-25,27,29-30,33-34,49-50,56H,5-6,12,15-16,26,28,31-32,35H2,1-2H3. The number of hydrogen-bond donors (Lipinski definition) is 1. The van der Waals surface area contributed by atoms with Crippen molar-refractivity contribution in [3.8, 4) is 0 Å². The molecule has 1 aliphatic heterocycles. The van der Waals surface area contributed by atoms with Crippen molar-refractivity contribution in [2.75, 3.05) is 0 Å². The summed E-state index contributed by atoms with van der Waals surface area (Å²) in [7, 11) is 0. The first-order valence-corrected chi connectivity index (χ1v) is 21.7. The fraction of sp³-hybridized carbons (Fsp3) is 0.291. The number of nitrogens with zero attached hydrogens (tertiary/aromatic N) is 1. The lowest BCUT2D eigenvalue weighted by Gasteiger charge is -2.43. The van der Waals surface area contributed by atoms with Crippen LogP contribution in [-0.2, 0) is 10.8 Å². The summed E-state index contributed by atoms with van der Waals surface area (Å²) in [5, 5.41) is 4.05. The number of rotatable bonds is 5. The lowest BCUT2D eigenvalue weighted by Crippen LogP contribution is -2.36. The van der Waals surface area contributed by atoms with Crippen molar-refractivity contribution in [2.24, 2.45) is 10.9 Å². The van der Waals surface area contributed by atoms with E-state index in [1.54, 1.807) is 16.7 Å². The number of fused-ring (bicyclic) bond motifs is 7. The smallest absolute Gasteiger partial charge is 0.0947 e. The van der Waals surface area contributed by atoms with Gasteiger partial charge in [0.2, 0.25) is 0 Å². The number of hydrogen-bond acceptors (Lipinski definition) is 2. The molecule has 2 nitrogen and oxygen atoms in total. The summed E-state index contributed by atoms with van der Waals surface area (Å²) < 4.78 is 0. The highest BCUT2D eigenvalue weighted by molar-refractivity contribution is 6.06. The van der Waals surface area contributed by atoms with Gasteiger partial charge in [-0.2, -0.15) is 0 Å². The Labute approximate surface area is 338 Å². The van der Waals surface area contributed by atoms with Gasteiger partial charge in [0.15, 0.2) is 0 Å². The van der Waals surface area contributed by atoms with Crippen LogP contribution in [0.3, 0.4) is 0 Å². The first-order chi connectivity index (χ1) is 28.0. The third-order valence-electron chi connectivity index (χ3n) is 14.7. The molecule has 1 fully saturated rings. The molecule has 4 aromatic carbocycles. The molecule has 0 radical (unpaired) electrons. The molecule has 1 N–H and O–H groups in total. The molecule has 2 heteroatoms. The summed E-state index contributed by atoms with van der Waals surface area (Å²) in [5.74, 6) is 0.575. The van der Waals surface area contributed by atoms with Crippen LogP contribution in [0.1, 0.15) is 123 Å². The molecule has 6 aliphatic carbocycles. The minimum Gasteiger partial charge on any atom is -0.371 e. The second kappa shape index (κ2) is 13.6. The van der Waals surface area contributed by atoms with Crippen LogP contribution in [0.5, 0.6) is 0 Å². The molecule has 0 amide bonds. The van der Waals surface area contributed by atoms with Crippen molar-refractivity contribution in [3.63, 3.8) is 0 Å². The van der Waals surface area contributed by atoms with Gasteiger partial charge in [0, 0.05) is 10.8 Å². The molecule has 1 spiro atoms. The molecule has 0 saturated heterocycles. The van der Waals surface area contributed by atoms with E-state index in [2.05, 4.69) is 159 Å². The molecule has 2 unspecified atom stereocenters. The number of allylic oxidation sites excluding steroid dienone is 11. The van der Waals surface area contributed by atoms with Gasteiger partial charge in [-0.15, -0.1) is 0 Å². The first-order valence-electron chi connectivity index (χ1n) is 21.7.